The predicted octanol–water partition coefficient (Wildman–Crippen LogP) is 3.19. The largest absolute Gasteiger partial charge is 0.481 e. The Labute approximate surface area is 179 Å². The quantitative estimate of drug-likeness (QED) is 0.566. The van der Waals surface area contributed by atoms with Gasteiger partial charge in [-0.3, -0.25) is 4.98 Å². The monoisotopic (exact) mass is 414 g/mol. The topological polar surface area (TPSA) is 68.7 Å². The maximum Gasteiger partial charge on any atom is 0.219 e. The molecule has 3 heterocycles. The summed E-state index contributed by atoms with van der Waals surface area (Å²) in [6, 6.07) is 2.09. The lowest BCUT2D eigenvalue weighted by Gasteiger charge is -2.17. The number of hydrogen-bond donors (Lipinski definition) is 1. The number of fused-ring (bicyclic) bond motifs is 2. The average molecular weight is 415 g/mol. The molecule has 1 N–H and O–H groups in total. The third-order valence-electron chi connectivity index (χ3n) is 5.98. The zero-order chi connectivity index (χ0) is 20.8. The van der Waals surface area contributed by atoms with Crippen LogP contribution in [0.2, 0.25) is 0 Å². The van der Waals surface area contributed by atoms with Crippen molar-refractivity contribution in [3.8, 4) is 5.88 Å². The van der Waals surface area contributed by atoms with Crippen LogP contribution in [0.15, 0.2) is 6.07 Å². The van der Waals surface area contributed by atoms with E-state index in [1.807, 2.05) is 6.92 Å². The fourth-order valence-electron chi connectivity index (χ4n) is 4.45. The number of rotatable bonds is 11. The molecule has 2 aromatic heterocycles. The van der Waals surface area contributed by atoms with Crippen molar-refractivity contribution in [2.45, 2.75) is 45.6 Å². The van der Waals surface area contributed by atoms with Gasteiger partial charge in [0.2, 0.25) is 5.88 Å². The summed E-state index contributed by atoms with van der Waals surface area (Å²) >= 11 is 0. The molecule has 164 valence electrons. The van der Waals surface area contributed by atoms with Crippen molar-refractivity contribution in [3.05, 3.63) is 22.9 Å². The van der Waals surface area contributed by atoms with Gasteiger partial charge in [0.1, 0.15) is 5.52 Å². The molecule has 0 aromatic carbocycles. The fourth-order valence-corrected chi connectivity index (χ4v) is 4.45. The molecule has 0 radical (unpaired) electrons. The number of likely N-dealkylation sites (tertiary alicyclic amines) is 1. The molecule has 2 aromatic rings. The first-order valence-electron chi connectivity index (χ1n) is 11.3. The molecule has 0 saturated carbocycles. The zero-order valence-electron chi connectivity index (χ0n) is 18.3. The maximum atomic E-state index is 5.97. The average Bonchev–Trinajstić information content (AvgIpc) is 3.45. The van der Waals surface area contributed by atoms with Crippen LogP contribution in [0.3, 0.4) is 0 Å². The highest BCUT2D eigenvalue weighted by Crippen LogP contribution is 2.35. The summed E-state index contributed by atoms with van der Waals surface area (Å²) in [6.45, 7) is 8.76. The van der Waals surface area contributed by atoms with Crippen LogP contribution >= 0.6 is 0 Å². The minimum atomic E-state index is 0.492. The van der Waals surface area contributed by atoms with Crippen LogP contribution in [-0.4, -0.2) is 68.0 Å². The number of nitrogens with one attached hydrogen (secondary N) is 1. The minimum absolute atomic E-state index is 0.492. The van der Waals surface area contributed by atoms with E-state index in [-0.39, 0.29) is 0 Å². The standard InChI is InChI=1S/C23H34N4O3/c1-3-29-13-9-24-21-18-7-6-8-19(18)25-20-15-17(23(28-2)26-22(20)21)16-30-14-12-27-10-4-5-11-27/h15H,3-14,16H2,1-2H3,(H,24,25). The molecule has 1 fully saturated rings. The summed E-state index contributed by atoms with van der Waals surface area (Å²) in [5.74, 6) is 0.622. The van der Waals surface area contributed by atoms with Crippen molar-refractivity contribution in [1.82, 2.24) is 14.9 Å². The van der Waals surface area contributed by atoms with E-state index in [2.05, 4.69) is 16.3 Å². The van der Waals surface area contributed by atoms with Gasteiger partial charge in [0.25, 0.3) is 0 Å². The molecule has 0 amide bonds. The maximum absolute atomic E-state index is 5.97. The van der Waals surface area contributed by atoms with E-state index in [0.29, 0.717) is 19.1 Å². The molecule has 0 atom stereocenters. The van der Waals surface area contributed by atoms with Crippen molar-refractivity contribution >= 4 is 16.7 Å². The van der Waals surface area contributed by atoms with Crippen molar-refractivity contribution in [3.63, 3.8) is 0 Å². The van der Waals surface area contributed by atoms with Gasteiger partial charge in [-0.05, 0) is 63.7 Å². The van der Waals surface area contributed by atoms with Crippen LogP contribution in [0, 0.1) is 0 Å². The SMILES string of the molecule is CCOCCNc1c2c(nc3cc(COCCN4CCCC4)c(OC)nc13)CCC2. The van der Waals surface area contributed by atoms with Crippen LogP contribution in [0.1, 0.15) is 43.0 Å². The van der Waals surface area contributed by atoms with E-state index in [4.69, 9.17) is 24.2 Å². The number of aryl methyl sites for hydroxylation is 1. The summed E-state index contributed by atoms with van der Waals surface area (Å²) in [6.07, 6.45) is 5.82. The molecule has 0 spiro atoms. The summed E-state index contributed by atoms with van der Waals surface area (Å²) in [7, 11) is 1.67. The molecule has 7 heteroatoms. The number of anilines is 1. The van der Waals surface area contributed by atoms with Crippen molar-refractivity contribution in [1.29, 1.82) is 0 Å². The van der Waals surface area contributed by atoms with Gasteiger partial charge in [0, 0.05) is 31.0 Å². The Morgan fingerprint density at radius 3 is 2.73 bits per heavy atom. The fraction of sp³-hybridized carbons (Fsp3) is 0.652. The molecule has 1 aliphatic heterocycles. The molecule has 7 nitrogen and oxygen atoms in total. The first-order valence-corrected chi connectivity index (χ1v) is 11.3. The molecule has 4 rings (SSSR count). The molecule has 0 bridgehead atoms. The van der Waals surface area contributed by atoms with E-state index in [1.165, 1.54) is 37.2 Å². The number of aromatic nitrogens is 2. The Morgan fingerprint density at radius 2 is 1.93 bits per heavy atom. The van der Waals surface area contributed by atoms with E-state index in [9.17, 15) is 0 Å². The number of pyridine rings is 2. The minimum Gasteiger partial charge on any atom is -0.481 e. The molecule has 2 aliphatic rings. The van der Waals surface area contributed by atoms with Gasteiger partial charge < -0.3 is 24.4 Å². The van der Waals surface area contributed by atoms with Crippen LogP contribution < -0.4 is 10.1 Å². The van der Waals surface area contributed by atoms with Gasteiger partial charge in [-0.2, -0.15) is 0 Å². The molecule has 30 heavy (non-hydrogen) atoms. The summed E-state index contributed by atoms with van der Waals surface area (Å²) in [4.78, 5) is 12.2. The van der Waals surface area contributed by atoms with Crippen LogP contribution in [0.4, 0.5) is 5.69 Å². The first-order chi connectivity index (χ1) is 14.8. The second kappa shape index (κ2) is 10.4. The van der Waals surface area contributed by atoms with Crippen molar-refractivity contribution < 1.29 is 14.2 Å². The van der Waals surface area contributed by atoms with Crippen molar-refractivity contribution in [2.75, 3.05) is 58.4 Å². The molecular formula is C23H34N4O3. The highest BCUT2D eigenvalue weighted by molar-refractivity contribution is 5.91. The first kappa shape index (κ1) is 21.3. The van der Waals surface area contributed by atoms with Gasteiger partial charge >= 0.3 is 0 Å². The zero-order valence-corrected chi connectivity index (χ0v) is 18.3. The van der Waals surface area contributed by atoms with Crippen LogP contribution in [-0.2, 0) is 28.9 Å². The lowest BCUT2D eigenvalue weighted by atomic mass is 10.1. The summed E-state index contributed by atoms with van der Waals surface area (Å²) < 4.78 is 17.1. The number of nitrogens with zero attached hydrogens (tertiary/aromatic N) is 3. The van der Waals surface area contributed by atoms with Gasteiger partial charge in [-0.25, -0.2) is 4.98 Å². The molecule has 1 aliphatic carbocycles. The molecular weight excluding hydrogens is 380 g/mol. The predicted molar refractivity (Wildman–Crippen MR) is 118 cm³/mol. The second-order valence-corrected chi connectivity index (χ2v) is 8.02. The lowest BCUT2D eigenvalue weighted by Crippen LogP contribution is -2.24. The third-order valence-corrected chi connectivity index (χ3v) is 5.98. The van der Waals surface area contributed by atoms with Gasteiger partial charge in [-0.1, -0.05) is 0 Å². The number of ether oxygens (including phenoxy) is 3. The highest BCUT2D eigenvalue weighted by atomic mass is 16.5. The highest BCUT2D eigenvalue weighted by Gasteiger charge is 2.22. The Kier molecular flexibility index (Phi) is 7.36. The smallest absolute Gasteiger partial charge is 0.219 e. The lowest BCUT2D eigenvalue weighted by molar-refractivity contribution is 0.0975. The van der Waals surface area contributed by atoms with Gasteiger partial charge in [-0.15, -0.1) is 0 Å². The Bertz CT molecular complexity index is 852. The second-order valence-electron chi connectivity index (χ2n) is 8.02. The van der Waals surface area contributed by atoms with Gasteiger partial charge in [0.05, 0.1) is 38.1 Å². The normalized spacial score (nSPS) is 16.3. The van der Waals surface area contributed by atoms with Crippen LogP contribution in [0.25, 0.3) is 11.0 Å². The van der Waals surface area contributed by atoms with Crippen LogP contribution in [0.5, 0.6) is 5.88 Å². The Morgan fingerprint density at radius 1 is 1.07 bits per heavy atom. The summed E-state index contributed by atoms with van der Waals surface area (Å²) in [5, 5.41) is 3.56. The van der Waals surface area contributed by atoms with Crippen molar-refractivity contribution in [2.24, 2.45) is 0 Å². The van der Waals surface area contributed by atoms with E-state index in [1.54, 1.807) is 7.11 Å². The molecule has 1 saturated heterocycles. The van der Waals surface area contributed by atoms with Gasteiger partial charge in [0.15, 0.2) is 0 Å². The Balaban J connectivity index is 1.53. The Hall–Kier alpha value is -1.96. The number of methoxy groups -OCH3 is 1. The van der Waals surface area contributed by atoms with E-state index < -0.39 is 0 Å². The third kappa shape index (κ3) is 4.85. The van der Waals surface area contributed by atoms with E-state index in [0.717, 1.165) is 67.8 Å². The summed E-state index contributed by atoms with van der Waals surface area (Å²) in [5.41, 5.74) is 6.32. The molecule has 0 unspecified atom stereocenters. The number of hydrogen-bond acceptors (Lipinski definition) is 7. The van der Waals surface area contributed by atoms with E-state index >= 15 is 0 Å².